The number of carbonyl (C=O) groups is 4. The van der Waals surface area contributed by atoms with E-state index < -0.39 is 29.2 Å². The number of rotatable bonds is 3. The maximum absolute atomic E-state index is 12.0. The van der Waals surface area contributed by atoms with Crippen molar-refractivity contribution in [2.75, 3.05) is 6.54 Å². The molecular weight excluding hydrogens is 274 g/mol. The molecule has 0 saturated carbocycles. The summed E-state index contributed by atoms with van der Waals surface area (Å²) in [5.74, 6) is -1.87. The van der Waals surface area contributed by atoms with Crippen LogP contribution in [0.1, 0.15) is 22.8 Å². The molecule has 7 nitrogen and oxygen atoms in total. The van der Waals surface area contributed by atoms with E-state index in [1.165, 1.54) is 6.92 Å². The Bertz CT molecular complexity index is 602. The summed E-state index contributed by atoms with van der Waals surface area (Å²) >= 11 is 0. The van der Waals surface area contributed by atoms with E-state index in [1.54, 1.807) is 24.3 Å². The van der Waals surface area contributed by atoms with Gasteiger partial charge in [-0.05, 0) is 26.0 Å². The molecule has 5 amide bonds. The van der Waals surface area contributed by atoms with Gasteiger partial charge in [-0.25, -0.2) is 4.79 Å². The molecule has 0 spiro atoms. The quantitative estimate of drug-likeness (QED) is 0.686. The monoisotopic (exact) mass is 289 g/mol. The van der Waals surface area contributed by atoms with Crippen LogP contribution in [-0.4, -0.2) is 30.3 Å². The molecule has 2 rings (SSSR count). The van der Waals surface area contributed by atoms with Crippen LogP contribution in [0.3, 0.4) is 0 Å². The first-order valence-corrected chi connectivity index (χ1v) is 6.34. The molecule has 0 unspecified atom stereocenters. The van der Waals surface area contributed by atoms with E-state index in [0.717, 1.165) is 5.56 Å². The van der Waals surface area contributed by atoms with Crippen LogP contribution >= 0.6 is 0 Å². The van der Waals surface area contributed by atoms with Crippen molar-refractivity contribution in [1.82, 2.24) is 16.0 Å². The van der Waals surface area contributed by atoms with Gasteiger partial charge in [0.25, 0.3) is 5.91 Å². The summed E-state index contributed by atoms with van der Waals surface area (Å²) < 4.78 is 0. The third kappa shape index (κ3) is 2.91. The highest BCUT2D eigenvalue weighted by Crippen LogP contribution is 2.18. The van der Waals surface area contributed by atoms with Crippen molar-refractivity contribution in [2.45, 2.75) is 13.8 Å². The first kappa shape index (κ1) is 14.7. The number of imide groups is 2. The molecule has 3 N–H and O–H groups in total. The smallest absolute Gasteiger partial charge is 0.328 e. The summed E-state index contributed by atoms with van der Waals surface area (Å²) in [5, 5.41) is 6.55. The maximum Gasteiger partial charge on any atom is 0.328 e. The number of barbiturate groups is 1. The summed E-state index contributed by atoms with van der Waals surface area (Å²) in [6.45, 7) is 3.06. The minimum Gasteiger partial charge on any atom is -0.350 e. The Kier molecular flexibility index (Phi) is 3.75. The van der Waals surface area contributed by atoms with Crippen LogP contribution < -0.4 is 16.0 Å². The third-order valence-corrected chi connectivity index (χ3v) is 3.37. The molecular formula is C14H15N3O4. The third-order valence-electron chi connectivity index (χ3n) is 3.37. The molecule has 110 valence electrons. The van der Waals surface area contributed by atoms with Gasteiger partial charge in [-0.3, -0.25) is 25.0 Å². The molecule has 1 aliphatic rings. The van der Waals surface area contributed by atoms with Gasteiger partial charge in [-0.2, -0.15) is 0 Å². The number of benzene rings is 1. The summed E-state index contributed by atoms with van der Waals surface area (Å²) in [6.07, 6.45) is 0. The first-order chi connectivity index (χ1) is 9.83. The Balaban J connectivity index is 2.06. The molecule has 0 radical (unpaired) electrons. The summed E-state index contributed by atoms with van der Waals surface area (Å²) in [6, 6.07) is 6.02. The molecule has 1 heterocycles. The number of nitrogens with one attached hydrogen (secondary N) is 3. The minimum atomic E-state index is -1.52. The van der Waals surface area contributed by atoms with Gasteiger partial charge in [-0.1, -0.05) is 17.7 Å². The molecule has 7 heteroatoms. The number of amides is 5. The standard InChI is InChI=1S/C14H15N3O4/c1-8-3-5-9(6-4-8)10(18)15-7-14(2)11(19)16-13(21)17-12(14)20/h3-6H,7H2,1-2H3,(H,15,18)(H2,16,17,19,20,21). The van der Waals surface area contributed by atoms with E-state index in [4.69, 9.17) is 0 Å². The first-order valence-electron chi connectivity index (χ1n) is 6.34. The normalized spacial score (nSPS) is 17.0. The fourth-order valence-corrected chi connectivity index (χ4v) is 1.84. The van der Waals surface area contributed by atoms with E-state index in [0.29, 0.717) is 5.56 Å². The number of hydrogen-bond acceptors (Lipinski definition) is 4. The zero-order chi connectivity index (χ0) is 15.6. The van der Waals surface area contributed by atoms with Crippen molar-refractivity contribution in [3.8, 4) is 0 Å². The van der Waals surface area contributed by atoms with Crippen molar-refractivity contribution in [3.63, 3.8) is 0 Å². The zero-order valence-electron chi connectivity index (χ0n) is 11.6. The molecule has 0 aliphatic carbocycles. The number of aryl methyl sites for hydroxylation is 1. The topological polar surface area (TPSA) is 104 Å². The Morgan fingerprint density at radius 3 is 2.14 bits per heavy atom. The summed E-state index contributed by atoms with van der Waals surface area (Å²) in [4.78, 5) is 46.6. The largest absolute Gasteiger partial charge is 0.350 e. The fraction of sp³-hybridized carbons (Fsp3) is 0.286. The van der Waals surface area contributed by atoms with Gasteiger partial charge in [0, 0.05) is 12.1 Å². The van der Waals surface area contributed by atoms with Crippen LogP contribution in [0.25, 0.3) is 0 Å². The lowest BCUT2D eigenvalue weighted by Crippen LogP contribution is -2.64. The van der Waals surface area contributed by atoms with E-state index in [-0.39, 0.29) is 6.54 Å². The highest BCUT2D eigenvalue weighted by molar-refractivity contribution is 6.19. The highest BCUT2D eigenvalue weighted by atomic mass is 16.2. The fourth-order valence-electron chi connectivity index (χ4n) is 1.84. The van der Waals surface area contributed by atoms with Crippen LogP contribution in [0.5, 0.6) is 0 Å². The molecule has 1 aromatic rings. The van der Waals surface area contributed by atoms with Gasteiger partial charge >= 0.3 is 6.03 Å². The van der Waals surface area contributed by atoms with Gasteiger partial charge in [-0.15, -0.1) is 0 Å². The minimum absolute atomic E-state index is 0.204. The van der Waals surface area contributed by atoms with Crippen molar-refractivity contribution in [2.24, 2.45) is 5.41 Å². The van der Waals surface area contributed by atoms with E-state index in [9.17, 15) is 19.2 Å². The molecule has 0 aromatic heterocycles. The van der Waals surface area contributed by atoms with Gasteiger partial charge in [0.15, 0.2) is 0 Å². The Morgan fingerprint density at radius 2 is 1.62 bits per heavy atom. The van der Waals surface area contributed by atoms with Crippen molar-refractivity contribution >= 4 is 23.8 Å². The average molecular weight is 289 g/mol. The summed E-state index contributed by atoms with van der Waals surface area (Å²) in [7, 11) is 0. The second kappa shape index (κ2) is 5.35. The summed E-state index contributed by atoms with van der Waals surface area (Å²) in [5.41, 5.74) is -0.0752. The Morgan fingerprint density at radius 1 is 1.10 bits per heavy atom. The number of urea groups is 1. The number of carbonyl (C=O) groups excluding carboxylic acids is 4. The van der Waals surface area contributed by atoms with Gasteiger partial charge in [0.1, 0.15) is 5.41 Å². The second-order valence-corrected chi connectivity index (χ2v) is 5.12. The lowest BCUT2D eigenvalue weighted by Gasteiger charge is -2.30. The molecule has 1 saturated heterocycles. The number of hydrogen-bond donors (Lipinski definition) is 3. The molecule has 1 aliphatic heterocycles. The van der Waals surface area contributed by atoms with Crippen molar-refractivity contribution < 1.29 is 19.2 Å². The lowest BCUT2D eigenvalue weighted by molar-refractivity contribution is -0.142. The predicted molar refractivity (Wildman–Crippen MR) is 73.3 cm³/mol. The van der Waals surface area contributed by atoms with Crippen molar-refractivity contribution in [1.29, 1.82) is 0 Å². The van der Waals surface area contributed by atoms with Crippen molar-refractivity contribution in [3.05, 3.63) is 35.4 Å². The van der Waals surface area contributed by atoms with Gasteiger partial charge < -0.3 is 5.32 Å². The van der Waals surface area contributed by atoms with Crippen LogP contribution in [0.15, 0.2) is 24.3 Å². The molecule has 0 bridgehead atoms. The Labute approximate surface area is 121 Å². The van der Waals surface area contributed by atoms with E-state index in [2.05, 4.69) is 5.32 Å². The van der Waals surface area contributed by atoms with Crippen LogP contribution in [0.4, 0.5) is 4.79 Å². The van der Waals surface area contributed by atoms with Crippen LogP contribution in [0, 0.1) is 12.3 Å². The Hall–Kier alpha value is -2.70. The van der Waals surface area contributed by atoms with E-state index in [1.807, 2.05) is 17.6 Å². The van der Waals surface area contributed by atoms with E-state index >= 15 is 0 Å². The van der Waals surface area contributed by atoms with Gasteiger partial charge in [0.05, 0.1) is 0 Å². The van der Waals surface area contributed by atoms with Crippen LogP contribution in [-0.2, 0) is 9.59 Å². The zero-order valence-corrected chi connectivity index (χ0v) is 11.6. The maximum atomic E-state index is 12.0. The molecule has 1 fully saturated rings. The SMILES string of the molecule is Cc1ccc(C(=O)NCC2(C)C(=O)NC(=O)NC2=O)cc1. The molecule has 21 heavy (non-hydrogen) atoms. The molecule has 1 aromatic carbocycles. The predicted octanol–water partition coefficient (Wildman–Crippen LogP) is 0.0971. The molecule has 0 atom stereocenters. The average Bonchev–Trinajstić information content (AvgIpc) is 2.43. The van der Waals surface area contributed by atoms with Gasteiger partial charge in [0.2, 0.25) is 11.8 Å². The second-order valence-electron chi connectivity index (χ2n) is 5.12. The van der Waals surface area contributed by atoms with Crippen LogP contribution in [0.2, 0.25) is 0 Å². The lowest BCUT2D eigenvalue weighted by atomic mass is 9.86. The highest BCUT2D eigenvalue weighted by Gasteiger charge is 2.46.